The van der Waals surface area contributed by atoms with Gasteiger partial charge < -0.3 is 10.2 Å². The molecule has 7 heteroatoms. The number of amides is 4. The maximum Gasteiger partial charge on any atom is 0.322 e. The molecule has 1 aromatic rings. The van der Waals surface area contributed by atoms with Crippen molar-refractivity contribution in [3.05, 3.63) is 21.9 Å². The van der Waals surface area contributed by atoms with Gasteiger partial charge >= 0.3 is 6.03 Å². The van der Waals surface area contributed by atoms with Crippen molar-refractivity contribution in [1.82, 2.24) is 15.5 Å². The van der Waals surface area contributed by atoms with Crippen LogP contribution in [0.15, 0.2) is 11.4 Å². The first kappa shape index (κ1) is 14.1. The van der Waals surface area contributed by atoms with Crippen LogP contribution in [0.3, 0.4) is 0 Å². The number of thiophene rings is 1. The third kappa shape index (κ3) is 2.31. The SMILES string of the molecule is CCc1ccsc1C(=O)N1CCC2(CC1)NC(=O)NC2=O. The largest absolute Gasteiger partial charge is 0.338 e. The molecule has 1 aromatic heterocycles. The molecule has 0 aromatic carbocycles. The summed E-state index contributed by atoms with van der Waals surface area (Å²) in [7, 11) is 0. The fourth-order valence-corrected chi connectivity index (χ4v) is 3.88. The standard InChI is InChI=1S/C14H17N3O3S/c1-2-9-3-8-21-10(9)11(18)17-6-4-14(5-7-17)12(19)15-13(20)16-14/h3,8H,2,4-7H2,1H3,(H2,15,16,19,20). The second-order valence-corrected chi connectivity index (χ2v) is 6.33. The van der Waals surface area contributed by atoms with Crippen LogP contribution in [0.4, 0.5) is 4.79 Å². The maximum absolute atomic E-state index is 12.5. The number of urea groups is 1. The van der Waals surface area contributed by atoms with E-state index in [1.807, 2.05) is 18.4 Å². The Morgan fingerprint density at radius 1 is 1.38 bits per heavy atom. The lowest BCUT2D eigenvalue weighted by molar-refractivity contribution is -0.125. The normalized spacial score (nSPS) is 20.5. The van der Waals surface area contributed by atoms with Crippen LogP contribution in [0.25, 0.3) is 0 Å². The Morgan fingerprint density at radius 2 is 2.10 bits per heavy atom. The zero-order chi connectivity index (χ0) is 15.0. The number of piperidine rings is 1. The minimum Gasteiger partial charge on any atom is -0.338 e. The van der Waals surface area contributed by atoms with Gasteiger partial charge in [0.2, 0.25) is 0 Å². The molecule has 0 unspecified atom stereocenters. The van der Waals surface area contributed by atoms with Crippen LogP contribution in [0.1, 0.15) is 35.0 Å². The molecule has 3 rings (SSSR count). The lowest BCUT2D eigenvalue weighted by Crippen LogP contribution is -2.55. The van der Waals surface area contributed by atoms with Gasteiger partial charge in [0, 0.05) is 13.1 Å². The van der Waals surface area contributed by atoms with Gasteiger partial charge in [0.15, 0.2) is 0 Å². The molecule has 6 nitrogen and oxygen atoms in total. The van der Waals surface area contributed by atoms with Crippen molar-refractivity contribution in [2.24, 2.45) is 0 Å². The summed E-state index contributed by atoms with van der Waals surface area (Å²) < 4.78 is 0. The lowest BCUT2D eigenvalue weighted by atomic mass is 9.87. The third-order valence-corrected chi connectivity index (χ3v) is 5.19. The Morgan fingerprint density at radius 3 is 2.67 bits per heavy atom. The number of nitrogens with zero attached hydrogens (tertiary/aromatic N) is 1. The number of hydrogen-bond donors (Lipinski definition) is 2. The summed E-state index contributed by atoms with van der Waals surface area (Å²) >= 11 is 1.46. The molecule has 4 amide bonds. The zero-order valence-electron chi connectivity index (χ0n) is 11.8. The Balaban J connectivity index is 1.70. The Hall–Kier alpha value is -1.89. The van der Waals surface area contributed by atoms with E-state index < -0.39 is 11.6 Å². The highest BCUT2D eigenvalue weighted by molar-refractivity contribution is 7.12. The fourth-order valence-electron chi connectivity index (χ4n) is 2.92. The van der Waals surface area contributed by atoms with Crippen LogP contribution < -0.4 is 10.6 Å². The second-order valence-electron chi connectivity index (χ2n) is 5.41. The molecule has 0 aliphatic carbocycles. The third-order valence-electron chi connectivity index (χ3n) is 4.24. The Kier molecular flexibility index (Phi) is 3.44. The minimum absolute atomic E-state index is 0.0291. The highest BCUT2D eigenvalue weighted by Crippen LogP contribution is 2.28. The molecule has 0 radical (unpaired) electrons. The molecule has 1 spiro atoms. The van der Waals surface area contributed by atoms with E-state index in [-0.39, 0.29) is 11.8 Å². The number of likely N-dealkylation sites (tertiary alicyclic amines) is 1. The summed E-state index contributed by atoms with van der Waals surface area (Å²) in [5.74, 6) is -0.244. The number of imide groups is 1. The monoisotopic (exact) mass is 307 g/mol. The molecule has 3 heterocycles. The van der Waals surface area contributed by atoms with Crippen molar-refractivity contribution in [1.29, 1.82) is 0 Å². The second kappa shape index (κ2) is 5.14. The van der Waals surface area contributed by atoms with Crippen molar-refractivity contribution < 1.29 is 14.4 Å². The number of nitrogens with one attached hydrogen (secondary N) is 2. The van der Waals surface area contributed by atoms with Gasteiger partial charge in [0.25, 0.3) is 11.8 Å². The molecule has 21 heavy (non-hydrogen) atoms. The van der Waals surface area contributed by atoms with Crippen LogP contribution in [-0.2, 0) is 11.2 Å². The van der Waals surface area contributed by atoms with Gasteiger partial charge in [-0.1, -0.05) is 6.92 Å². The number of carbonyl (C=O) groups excluding carboxylic acids is 3. The summed E-state index contributed by atoms with van der Waals surface area (Å²) in [5.41, 5.74) is 0.244. The van der Waals surface area contributed by atoms with E-state index in [1.54, 1.807) is 4.90 Å². The molecule has 112 valence electrons. The van der Waals surface area contributed by atoms with Crippen LogP contribution in [-0.4, -0.2) is 41.4 Å². The zero-order valence-corrected chi connectivity index (χ0v) is 12.6. The molecule has 2 N–H and O–H groups in total. The van der Waals surface area contributed by atoms with Crippen molar-refractivity contribution in [2.75, 3.05) is 13.1 Å². The van der Waals surface area contributed by atoms with Crippen LogP contribution >= 0.6 is 11.3 Å². The van der Waals surface area contributed by atoms with Gasteiger partial charge in [0.1, 0.15) is 5.54 Å². The van der Waals surface area contributed by atoms with Crippen LogP contribution in [0.5, 0.6) is 0 Å². The first-order valence-corrected chi connectivity index (χ1v) is 7.93. The average Bonchev–Trinajstić information content (AvgIpc) is 3.04. The molecule has 2 saturated heterocycles. The van der Waals surface area contributed by atoms with E-state index in [4.69, 9.17) is 0 Å². The van der Waals surface area contributed by atoms with Gasteiger partial charge in [-0.15, -0.1) is 11.3 Å². The molecule has 0 saturated carbocycles. The van der Waals surface area contributed by atoms with E-state index >= 15 is 0 Å². The van der Waals surface area contributed by atoms with Gasteiger partial charge in [-0.2, -0.15) is 0 Å². The van der Waals surface area contributed by atoms with Crippen LogP contribution in [0.2, 0.25) is 0 Å². The Bertz CT molecular complexity index is 602. The highest BCUT2D eigenvalue weighted by atomic mass is 32.1. The first-order chi connectivity index (χ1) is 10.1. The lowest BCUT2D eigenvalue weighted by Gasteiger charge is -2.36. The first-order valence-electron chi connectivity index (χ1n) is 7.05. The molecule has 0 bridgehead atoms. The van der Waals surface area contributed by atoms with Crippen molar-refractivity contribution in [3.63, 3.8) is 0 Å². The van der Waals surface area contributed by atoms with E-state index in [2.05, 4.69) is 10.6 Å². The van der Waals surface area contributed by atoms with Gasteiger partial charge in [0.05, 0.1) is 4.88 Å². The maximum atomic E-state index is 12.5. The summed E-state index contributed by atoms with van der Waals surface area (Å²) in [6, 6.07) is 1.54. The molecular formula is C14H17N3O3S. The van der Waals surface area contributed by atoms with Gasteiger partial charge in [-0.05, 0) is 36.3 Å². The number of carbonyl (C=O) groups is 3. The number of rotatable bonds is 2. The predicted molar refractivity (Wildman–Crippen MR) is 78.2 cm³/mol. The molecule has 2 aliphatic rings. The van der Waals surface area contributed by atoms with E-state index in [9.17, 15) is 14.4 Å². The fraction of sp³-hybridized carbons (Fsp3) is 0.500. The van der Waals surface area contributed by atoms with E-state index in [0.717, 1.165) is 16.9 Å². The number of aryl methyl sites for hydroxylation is 1. The topological polar surface area (TPSA) is 78.5 Å². The minimum atomic E-state index is -0.823. The van der Waals surface area contributed by atoms with E-state index in [0.29, 0.717) is 25.9 Å². The van der Waals surface area contributed by atoms with Crippen LogP contribution in [0, 0.1) is 0 Å². The van der Waals surface area contributed by atoms with E-state index in [1.165, 1.54) is 11.3 Å². The quantitative estimate of drug-likeness (QED) is 0.804. The summed E-state index contributed by atoms with van der Waals surface area (Å²) in [6.45, 7) is 2.99. The van der Waals surface area contributed by atoms with Crippen molar-refractivity contribution in [2.45, 2.75) is 31.7 Å². The predicted octanol–water partition coefficient (Wildman–Crippen LogP) is 1.12. The summed E-state index contributed by atoms with van der Waals surface area (Å²) in [6.07, 6.45) is 1.76. The summed E-state index contributed by atoms with van der Waals surface area (Å²) in [4.78, 5) is 38.3. The smallest absolute Gasteiger partial charge is 0.322 e. The van der Waals surface area contributed by atoms with Crippen molar-refractivity contribution in [3.8, 4) is 0 Å². The molecule has 2 aliphatic heterocycles. The molecule has 0 atom stereocenters. The molecule has 2 fully saturated rings. The number of hydrogen-bond acceptors (Lipinski definition) is 4. The highest BCUT2D eigenvalue weighted by Gasteiger charge is 2.48. The average molecular weight is 307 g/mol. The molecular weight excluding hydrogens is 290 g/mol. The Labute approximate surface area is 126 Å². The van der Waals surface area contributed by atoms with Gasteiger partial charge in [-0.25, -0.2) is 4.79 Å². The van der Waals surface area contributed by atoms with Crippen molar-refractivity contribution >= 4 is 29.2 Å². The van der Waals surface area contributed by atoms with Gasteiger partial charge in [-0.3, -0.25) is 14.9 Å². The summed E-state index contributed by atoms with van der Waals surface area (Å²) in [5, 5.41) is 6.91.